The van der Waals surface area contributed by atoms with Gasteiger partial charge in [0.25, 0.3) is 0 Å². The number of halogens is 1. The quantitative estimate of drug-likeness (QED) is 0.909. The lowest BCUT2D eigenvalue weighted by atomic mass is 9.94. The highest BCUT2D eigenvalue weighted by Gasteiger charge is 2.19. The van der Waals surface area contributed by atoms with Gasteiger partial charge in [-0.2, -0.15) is 0 Å². The molecule has 1 saturated heterocycles. The number of pyridine rings is 1. The molecule has 1 aliphatic heterocycles. The average Bonchev–Trinajstić information content (AvgIpc) is 2.42. The number of nitrogens with one attached hydrogen (secondary N) is 1. The van der Waals surface area contributed by atoms with Crippen LogP contribution in [0.3, 0.4) is 0 Å². The van der Waals surface area contributed by atoms with Crippen molar-refractivity contribution < 1.29 is 0 Å². The molecule has 1 aromatic heterocycles. The van der Waals surface area contributed by atoms with Crippen LogP contribution in [-0.2, 0) is 6.54 Å². The first-order chi connectivity index (χ1) is 8.74. The van der Waals surface area contributed by atoms with Crippen molar-refractivity contribution in [3.8, 4) is 0 Å². The van der Waals surface area contributed by atoms with Crippen LogP contribution < -0.4 is 10.2 Å². The minimum absolute atomic E-state index is 0.720. The summed E-state index contributed by atoms with van der Waals surface area (Å²) in [6.07, 6.45) is 3.86. The van der Waals surface area contributed by atoms with Crippen molar-refractivity contribution in [2.75, 3.05) is 25.0 Å². The summed E-state index contributed by atoms with van der Waals surface area (Å²) in [6.45, 7) is 5.24. The second-order valence-corrected chi connectivity index (χ2v) is 5.37. The largest absolute Gasteiger partial charge is 0.357 e. The summed E-state index contributed by atoms with van der Waals surface area (Å²) in [4.78, 5) is 7.04. The van der Waals surface area contributed by atoms with Crippen molar-refractivity contribution >= 4 is 17.4 Å². The molecule has 0 amide bonds. The fraction of sp³-hybridized carbons (Fsp3) is 0.643. The Kier molecular flexibility index (Phi) is 4.84. The summed E-state index contributed by atoms with van der Waals surface area (Å²) in [7, 11) is 1.91. The number of piperidine rings is 1. The molecule has 2 rings (SSSR count). The van der Waals surface area contributed by atoms with Crippen LogP contribution in [0.4, 0.5) is 5.82 Å². The van der Waals surface area contributed by atoms with Crippen molar-refractivity contribution in [2.24, 2.45) is 5.92 Å². The third-order valence-corrected chi connectivity index (χ3v) is 4.11. The lowest BCUT2D eigenvalue weighted by Gasteiger charge is -2.32. The van der Waals surface area contributed by atoms with Gasteiger partial charge in [0.1, 0.15) is 5.82 Å². The maximum absolute atomic E-state index is 6.14. The molecule has 0 unspecified atom stereocenters. The molecule has 1 N–H and O–H groups in total. The van der Waals surface area contributed by atoms with Crippen molar-refractivity contribution in [2.45, 2.75) is 32.7 Å². The van der Waals surface area contributed by atoms with E-state index in [-0.39, 0.29) is 0 Å². The second kappa shape index (κ2) is 6.39. The minimum atomic E-state index is 0.720. The Morgan fingerprint density at radius 2 is 2.11 bits per heavy atom. The molecule has 100 valence electrons. The molecular formula is C14H22ClN3. The maximum atomic E-state index is 6.14. The minimum Gasteiger partial charge on any atom is -0.357 e. The number of hydrogen-bond acceptors (Lipinski definition) is 3. The fourth-order valence-corrected chi connectivity index (χ4v) is 2.68. The lowest BCUT2D eigenvalue weighted by Crippen LogP contribution is -2.34. The van der Waals surface area contributed by atoms with Crippen LogP contribution in [-0.4, -0.2) is 25.1 Å². The van der Waals surface area contributed by atoms with Gasteiger partial charge in [-0.15, -0.1) is 0 Å². The fourth-order valence-electron chi connectivity index (χ4n) is 2.51. The highest BCUT2D eigenvalue weighted by atomic mass is 35.5. The highest BCUT2D eigenvalue weighted by Crippen LogP contribution is 2.25. The van der Waals surface area contributed by atoms with Gasteiger partial charge in [-0.1, -0.05) is 24.9 Å². The van der Waals surface area contributed by atoms with E-state index in [2.05, 4.69) is 22.1 Å². The van der Waals surface area contributed by atoms with E-state index in [1.807, 2.05) is 19.2 Å². The first-order valence-electron chi connectivity index (χ1n) is 6.79. The molecule has 1 fully saturated rings. The monoisotopic (exact) mass is 267 g/mol. The summed E-state index contributed by atoms with van der Waals surface area (Å²) >= 11 is 6.14. The van der Waals surface area contributed by atoms with Gasteiger partial charge in [0, 0.05) is 19.6 Å². The Morgan fingerprint density at radius 3 is 2.72 bits per heavy atom. The van der Waals surface area contributed by atoms with Crippen LogP contribution in [0.2, 0.25) is 5.02 Å². The Labute approximate surface area is 115 Å². The Bertz CT molecular complexity index is 387. The Morgan fingerprint density at radius 1 is 1.39 bits per heavy atom. The van der Waals surface area contributed by atoms with E-state index in [1.165, 1.54) is 19.3 Å². The van der Waals surface area contributed by atoms with Crippen LogP contribution in [0, 0.1) is 5.92 Å². The molecule has 2 heterocycles. The van der Waals surface area contributed by atoms with Crippen LogP contribution in [0.1, 0.15) is 31.9 Å². The van der Waals surface area contributed by atoms with E-state index in [1.54, 1.807) is 0 Å². The molecule has 0 radical (unpaired) electrons. The molecule has 0 atom stereocenters. The maximum Gasteiger partial charge on any atom is 0.128 e. The molecule has 0 saturated carbocycles. The summed E-state index contributed by atoms with van der Waals surface area (Å²) in [5.41, 5.74) is 0.939. The van der Waals surface area contributed by atoms with Crippen molar-refractivity contribution in [1.29, 1.82) is 0 Å². The molecule has 1 aromatic rings. The van der Waals surface area contributed by atoms with Gasteiger partial charge in [-0.25, -0.2) is 4.98 Å². The third kappa shape index (κ3) is 3.15. The second-order valence-electron chi connectivity index (χ2n) is 4.97. The highest BCUT2D eigenvalue weighted by molar-refractivity contribution is 6.31. The first-order valence-corrected chi connectivity index (χ1v) is 7.17. The van der Waals surface area contributed by atoms with Gasteiger partial charge in [-0.3, -0.25) is 0 Å². The molecule has 0 aromatic carbocycles. The number of hydrogen-bond donors (Lipinski definition) is 1. The SMILES string of the molecule is CCC1CCN(c2ccc(Cl)c(CNC)n2)CC1. The average molecular weight is 268 g/mol. The zero-order valence-electron chi connectivity index (χ0n) is 11.2. The summed E-state index contributed by atoms with van der Waals surface area (Å²) < 4.78 is 0. The molecule has 1 aliphatic rings. The van der Waals surface area contributed by atoms with E-state index >= 15 is 0 Å². The summed E-state index contributed by atoms with van der Waals surface area (Å²) in [5, 5.41) is 3.85. The van der Waals surface area contributed by atoms with Crippen molar-refractivity contribution in [1.82, 2.24) is 10.3 Å². The normalized spacial score (nSPS) is 17.2. The van der Waals surface area contributed by atoms with Crippen molar-refractivity contribution in [3.63, 3.8) is 0 Å². The van der Waals surface area contributed by atoms with Crippen LogP contribution in [0.15, 0.2) is 12.1 Å². The first kappa shape index (κ1) is 13.6. The molecule has 18 heavy (non-hydrogen) atoms. The molecule has 0 aliphatic carbocycles. The van der Waals surface area contributed by atoms with Crippen LogP contribution in [0.5, 0.6) is 0 Å². The summed E-state index contributed by atoms with van der Waals surface area (Å²) in [6, 6.07) is 4.00. The van der Waals surface area contributed by atoms with Gasteiger partial charge in [0.05, 0.1) is 10.7 Å². The molecule has 0 spiro atoms. The van der Waals surface area contributed by atoms with Gasteiger partial charge in [0.15, 0.2) is 0 Å². The molecule has 3 nitrogen and oxygen atoms in total. The topological polar surface area (TPSA) is 28.2 Å². The number of rotatable bonds is 4. The van der Waals surface area contributed by atoms with Gasteiger partial charge in [-0.05, 0) is 37.9 Å². The van der Waals surface area contributed by atoms with E-state index in [0.29, 0.717) is 0 Å². The smallest absolute Gasteiger partial charge is 0.128 e. The van der Waals surface area contributed by atoms with E-state index in [4.69, 9.17) is 11.6 Å². The summed E-state index contributed by atoms with van der Waals surface area (Å²) in [5.74, 6) is 1.96. The zero-order chi connectivity index (χ0) is 13.0. The Balaban J connectivity index is 2.07. The van der Waals surface area contributed by atoms with Crippen molar-refractivity contribution in [3.05, 3.63) is 22.8 Å². The zero-order valence-corrected chi connectivity index (χ0v) is 12.0. The lowest BCUT2D eigenvalue weighted by molar-refractivity contribution is 0.393. The standard InChI is InChI=1S/C14H22ClN3/c1-3-11-6-8-18(9-7-11)14-5-4-12(15)13(17-14)10-16-2/h4-5,11,16H,3,6-10H2,1-2H3. The van der Waals surface area contributed by atoms with Gasteiger partial charge in [0.2, 0.25) is 0 Å². The van der Waals surface area contributed by atoms with E-state index < -0.39 is 0 Å². The molecular weight excluding hydrogens is 246 g/mol. The van der Waals surface area contributed by atoms with Crippen LogP contribution >= 0.6 is 11.6 Å². The Hall–Kier alpha value is -0.800. The number of nitrogens with zero attached hydrogens (tertiary/aromatic N) is 2. The number of aromatic nitrogens is 1. The predicted octanol–water partition coefficient (Wildman–Crippen LogP) is 3.08. The van der Waals surface area contributed by atoms with Gasteiger partial charge >= 0.3 is 0 Å². The third-order valence-electron chi connectivity index (χ3n) is 3.76. The van der Waals surface area contributed by atoms with E-state index in [9.17, 15) is 0 Å². The predicted molar refractivity (Wildman–Crippen MR) is 77.2 cm³/mol. The molecule has 4 heteroatoms. The van der Waals surface area contributed by atoms with E-state index in [0.717, 1.165) is 42.1 Å². The van der Waals surface area contributed by atoms with Gasteiger partial charge < -0.3 is 10.2 Å². The number of anilines is 1. The van der Waals surface area contributed by atoms with Crippen LogP contribution in [0.25, 0.3) is 0 Å². The molecule has 0 bridgehead atoms.